The number of nitrogens with zero attached hydrogens (tertiary/aromatic N) is 3. The minimum atomic E-state index is 0.0902. The van der Waals surface area contributed by atoms with Gasteiger partial charge in [-0.05, 0) is 6.07 Å². The lowest BCUT2D eigenvalue weighted by Crippen LogP contribution is -2.42. The molecule has 0 atom stereocenters. The number of hydrogen-bond donors (Lipinski definition) is 0. The maximum Gasteiger partial charge on any atom is 0.316 e. The van der Waals surface area contributed by atoms with Crippen LogP contribution in [-0.4, -0.2) is 45.8 Å². The average molecular weight is 270 g/mol. The lowest BCUT2D eigenvalue weighted by molar-refractivity contribution is -0.132. The van der Waals surface area contributed by atoms with Crippen LogP contribution in [0.3, 0.4) is 0 Å². The molecule has 0 radical (unpaired) electrons. The van der Waals surface area contributed by atoms with Crippen LogP contribution < -0.4 is 4.74 Å². The van der Waals surface area contributed by atoms with Gasteiger partial charge < -0.3 is 9.64 Å². The summed E-state index contributed by atoms with van der Waals surface area (Å²) in [5.74, 6) is 0.507. The van der Waals surface area contributed by atoms with Gasteiger partial charge in [0.05, 0.1) is 0 Å². The number of aromatic nitrogens is 2. The Morgan fingerprint density at radius 1 is 1.39 bits per heavy atom. The average Bonchev–Trinajstić information content (AvgIpc) is 2.41. The first-order chi connectivity index (χ1) is 8.79. The summed E-state index contributed by atoms with van der Waals surface area (Å²) in [6.45, 7) is 1.43. The van der Waals surface area contributed by atoms with Crippen LogP contribution in [0.2, 0.25) is 0 Å². The molecule has 18 heavy (non-hydrogen) atoms. The van der Waals surface area contributed by atoms with Crippen molar-refractivity contribution >= 4 is 17.5 Å². The maximum absolute atomic E-state index is 11.6. The van der Waals surface area contributed by atoms with Gasteiger partial charge in [-0.2, -0.15) is 0 Å². The summed E-state index contributed by atoms with van der Waals surface area (Å²) >= 11 is 5.56. The molecule has 0 N–H and O–H groups in total. The summed E-state index contributed by atoms with van der Waals surface area (Å²) in [4.78, 5) is 21.5. The van der Waals surface area contributed by atoms with Gasteiger partial charge in [0.2, 0.25) is 5.91 Å². The number of likely N-dealkylation sites (tertiary alicyclic amines) is 1. The van der Waals surface area contributed by atoms with E-state index in [4.69, 9.17) is 16.3 Å². The van der Waals surface area contributed by atoms with Crippen LogP contribution in [0, 0.1) is 0 Å². The van der Waals surface area contributed by atoms with Gasteiger partial charge in [0, 0.05) is 50.6 Å². The van der Waals surface area contributed by atoms with E-state index in [1.807, 2.05) is 4.90 Å². The molecular weight excluding hydrogens is 254 g/mol. The SMILES string of the molecule is O=C(CCCl)N1CCC(Oc2ncccn2)CC1. The zero-order chi connectivity index (χ0) is 12.8. The van der Waals surface area contributed by atoms with E-state index in [1.54, 1.807) is 18.5 Å². The highest BCUT2D eigenvalue weighted by atomic mass is 35.5. The van der Waals surface area contributed by atoms with Crippen molar-refractivity contribution in [3.63, 3.8) is 0 Å². The van der Waals surface area contributed by atoms with Crippen molar-refractivity contribution in [2.24, 2.45) is 0 Å². The lowest BCUT2D eigenvalue weighted by Gasteiger charge is -2.31. The fourth-order valence-electron chi connectivity index (χ4n) is 1.96. The van der Waals surface area contributed by atoms with E-state index in [-0.39, 0.29) is 12.0 Å². The van der Waals surface area contributed by atoms with Crippen LogP contribution >= 0.6 is 11.6 Å². The van der Waals surface area contributed by atoms with Crippen LogP contribution in [-0.2, 0) is 4.79 Å². The third-order valence-electron chi connectivity index (χ3n) is 2.92. The van der Waals surface area contributed by atoms with E-state index in [1.165, 1.54) is 0 Å². The summed E-state index contributed by atoms with van der Waals surface area (Å²) in [5.41, 5.74) is 0. The molecule has 0 aromatic carbocycles. The predicted octanol–water partition coefficient (Wildman–Crippen LogP) is 1.48. The maximum atomic E-state index is 11.6. The summed E-state index contributed by atoms with van der Waals surface area (Å²) < 4.78 is 5.66. The van der Waals surface area contributed by atoms with Crippen LogP contribution in [0.5, 0.6) is 6.01 Å². The van der Waals surface area contributed by atoms with Crippen molar-refractivity contribution in [1.82, 2.24) is 14.9 Å². The van der Waals surface area contributed by atoms with E-state index in [0.29, 0.717) is 31.4 Å². The molecule has 0 unspecified atom stereocenters. The number of carbonyl (C=O) groups is 1. The number of rotatable bonds is 4. The van der Waals surface area contributed by atoms with Crippen molar-refractivity contribution in [2.75, 3.05) is 19.0 Å². The van der Waals surface area contributed by atoms with Crippen molar-refractivity contribution in [2.45, 2.75) is 25.4 Å². The predicted molar refractivity (Wildman–Crippen MR) is 67.6 cm³/mol. The highest BCUT2D eigenvalue weighted by molar-refractivity contribution is 6.18. The number of piperidine rings is 1. The van der Waals surface area contributed by atoms with Crippen molar-refractivity contribution in [3.05, 3.63) is 18.5 Å². The Morgan fingerprint density at radius 2 is 2.06 bits per heavy atom. The number of alkyl halides is 1. The summed E-state index contributed by atoms with van der Waals surface area (Å²) in [6, 6.07) is 2.16. The second-order valence-electron chi connectivity index (χ2n) is 4.17. The smallest absolute Gasteiger partial charge is 0.316 e. The van der Waals surface area contributed by atoms with E-state index in [9.17, 15) is 4.79 Å². The van der Waals surface area contributed by atoms with Crippen molar-refractivity contribution in [3.8, 4) is 6.01 Å². The van der Waals surface area contributed by atoms with Crippen molar-refractivity contribution < 1.29 is 9.53 Å². The van der Waals surface area contributed by atoms with Gasteiger partial charge in [0.25, 0.3) is 0 Å². The number of amides is 1. The topological polar surface area (TPSA) is 55.3 Å². The first kappa shape index (κ1) is 13.1. The minimum absolute atomic E-state index is 0.0902. The van der Waals surface area contributed by atoms with Gasteiger partial charge in [0.1, 0.15) is 6.10 Å². The molecule has 2 heterocycles. The fraction of sp³-hybridized carbons (Fsp3) is 0.583. The Kier molecular flexibility index (Phi) is 4.75. The van der Waals surface area contributed by atoms with Crippen LogP contribution in [0.4, 0.5) is 0 Å². The molecule has 5 nitrogen and oxygen atoms in total. The monoisotopic (exact) mass is 269 g/mol. The van der Waals surface area contributed by atoms with Gasteiger partial charge in [-0.25, -0.2) is 9.97 Å². The zero-order valence-electron chi connectivity index (χ0n) is 10.1. The second-order valence-corrected chi connectivity index (χ2v) is 4.55. The van der Waals surface area contributed by atoms with E-state index < -0.39 is 0 Å². The zero-order valence-corrected chi connectivity index (χ0v) is 10.8. The Bertz CT molecular complexity index is 380. The molecule has 6 heteroatoms. The number of halogens is 1. The Morgan fingerprint density at radius 3 is 2.67 bits per heavy atom. The summed E-state index contributed by atoms with van der Waals surface area (Å²) in [6.07, 6.45) is 5.43. The molecule has 1 saturated heterocycles. The molecule has 98 valence electrons. The van der Waals surface area contributed by atoms with E-state index in [2.05, 4.69) is 9.97 Å². The molecule has 1 aromatic heterocycles. The van der Waals surface area contributed by atoms with E-state index in [0.717, 1.165) is 12.8 Å². The van der Waals surface area contributed by atoms with Gasteiger partial charge in [-0.1, -0.05) is 0 Å². The molecule has 1 aliphatic heterocycles. The summed E-state index contributed by atoms with van der Waals surface area (Å²) in [5, 5.41) is 0. The van der Waals surface area contributed by atoms with Crippen LogP contribution in [0.15, 0.2) is 18.5 Å². The molecule has 1 fully saturated rings. The molecule has 1 amide bonds. The molecule has 1 aromatic rings. The van der Waals surface area contributed by atoms with Gasteiger partial charge in [0.15, 0.2) is 0 Å². The number of carbonyl (C=O) groups excluding carboxylic acids is 1. The molecule has 0 spiro atoms. The first-order valence-electron chi connectivity index (χ1n) is 6.07. The van der Waals surface area contributed by atoms with Crippen LogP contribution in [0.1, 0.15) is 19.3 Å². The normalized spacial score (nSPS) is 16.6. The largest absolute Gasteiger partial charge is 0.460 e. The molecule has 0 aliphatic carbocycles. The van der Waals surface area contributed by atoms with Gasteiger partial charge in [-0.15, -0.1) is 11.6 Å². The standard InChI is InChI=1S/C12H16ClN3O2/c13-5-2-11(17)16-8-3-10(4-9-16)18-12-14-6-1-7-15-12/h1,6-7,10H,2-5,8-9H2. The summed E-state index contributed by atoms with van der Waals surface area (Å²) in [7, 11) is 0. The molecule has 2 rings (SSSR count). The Balaban J connectivity index is 1.78. The molecular formula is C12H16ClN3O2. The van der Waals surface area contributed by atoms with E-state index >= 15 is 0 Å². The quantitative estimate of drug-likeness (QED) is 0.777. The minimum Gasteiger partial charge on any atom is -0.460 e. The highest BCUT2D eigenvalue weighted by Crippen LogP contribution is 2.16. The molecule has 1 aliphatic rings. The first-order valence-corrected chi connectivity index (χ1v) is 6.60. The second kappa shape index (κ2) is 6.54. The Labute approximate surface area is 111 Å². The molecule has 0 saturated carbocycles. The van der Waals surface area contributed by atoms with Crippen LogP contribution in [0.25, 0.3) is 0 Å². The third kappa shape index (κ3) is 3.57. The number of hydrogen-bond acceptors (Lipinski definition) is 4. The Hall–Kier alpha value is -1.36. The fourth-order valence-corrected chi connectivity index (χ4v) is 2.12. The highest BCUT2D eigenvalue weighted by Gasteiger charge is 2.23. The van der Waals surface area contributed by atoms with Gasteiger partial charge >= 0.3 is 6.01 Å². The van der Waals surface area contributed by atoms with Gasteiger partial charge in [-0.3, -0.25) is 4.79 Å². The number of ether oxygens (including phenoxy) is 1. The lowest BCUT2D eigenvalue weighted by atomic mass is 10.1. The van der Waals surface area contributed by atoms with Crippen molar-refractivity contribution in [1.29, 1.82) is 0 Å². The third-order valence-corrected chi connectivity index (χ3v) is 3.11. The molecule has 0 bridgehead atoms.